The first kappa shape index (κ1) is 24.3. The minimum atomic E-state index is -4.93. The van der Waals surface area contributed by atoms with Crippen LogP contribution in [0.15, 0.2) is 71.2 Å². The van der Waals surface area contributed by atoms with Gasteiger partial charge in [-0.15, -0.1) is 13.2 Å². The smallest absolute Gasteiger partial charge is 0.404 e. The molecule has 0 radical (unpaired) electrons. The molecule has 0 saturated carbocycles. The molecular formula is C24H20BrF3N2O3. The Bertz CT molecular complexity index is 1170. The Balaban J connectivity index is 1.85. The molecule has 0 unspecified atom stereocenters. The van der Waals surface area contributed by atoms with Gasteiger partial charge in [0.05, 0.1) is 5.69 Å². The van der Waals surface area contributed by atoms with Gasteiger partial charge in [-0.3, -0.25) is 9.59 Å². The molecule has 0 aliphatic rings. The molecule has 0 bridgehead atoms. The van der Waals surface area contributed by atoms with Crippen molar-refractivity contribution in [1.82, 2.24) is 0 Å². The van der Waals surface area contributed by atoms with Crippen LogP contribution in [0.1, 0.15) is 46.0 Å². The van der Waals surface area contributed by atoms with Crippen molar-refractivity contribution >= 4 is 39.1 Å². The van der Waals surface area contributed by atoms with E-state index in [0.29, 0.717) is 16.8 Å². The van der Waals surface area contributed by atoms with E-state index in [1.807, 2.05) is 13.8 Å². The van der Waals surface area contributed by atoms with Crippen molar-refractivity contribution in [2.24, 2.45) is 0 Å². The molecule has 3 rings (SSSR count). The number of carbonyl (C=O) groups is 2. The van der Waals surface area contributed by atoms with Crippen molar-refractivity contribution in [2.45, 2.75) is 26.1 Å². The van der Waals surface area contributed by atoms with Crippen LogP contribution in [0.5, 0.6) is 5.75 Å². The zero-order chi connectivity index (χ0) is 24.2. The predicted octanol–water partition coefficient (Wildman–Crippen LogP) is 6.98. The Labute approximate surface area is 197 Å². The fourth-order valence-electron chi connectivity index (χ4n) is 2.98. The highest BCUT2D eigenvalue weighted by Gasteiger charge is 2.33. The summed E-state index contributed by atoms with van der Waals surface area (Å²) in [6.45, 7) is 3.65. The number of benzene rings is 3. The molecular weight excluding hydrogens is 501 g/mol. The van der Waals surface area contributed by atoms with Crippen molar-refractivity contribution in [3.05, 3.63) is 87.9 Å². The minimum Gasteiger partial charge on any atom is -0.404 e. The lowest BCUT2D eigenvalue weighted by atomic mass is 10.0. The average molecular weight is 521 g/mol. The fraction of sp³-hybridized carbons (Fsp3) is 0.167. The first-order valence-corrected chi connectivity index (χ1v) is 10.7. The third-order valence-corrected chi connectivity index (χ3v) is 5.25. The normalized spacial score (nSPS) is 11.2. The summed E-state index contributed by atoms with van der Waals surface area (Å²) in [5, 5.41) is 5.16. The molecule has 0 heterocycles. The van der Waals surface area contributed by atoms with E-state index in [9.17, 15) is 22.8 Å². The van der Waals surface area contributed by atoms with E-state index in [0.717, 1.165) is 0 Å². The van der Waals surface area contributed by atoms with Crippen LogP contribution in [0.25, 0.3) is 0 Å². The summed E-state index contributed by atoms with van der Waals surface area (Å²) in [5.41, 5.74) is 1.39. The number of alkyl halides is 3. The third kappa shape index (κ3) is 6.58. The van der Waals surface area contributed by atoms with Gasteiger partial charge in [0.25, 0.3) is 11.8 Å². The summed E-state index contributed by atoms with van der Waals surface area (Å²) in [5.74, 6) is -1.62. The maximum atomic E-state index is 13.0. The Morgan fingerprint density at radius 2 is 1.52 bits per heavy atom. The topological polar surface area (TPSA) is 67.4 Å². The van der Waals surface area contributed by atoms with Crippen LogP contribution in [0.2, 0.25) is 0 Å². The van der Waals surface area contributed by atoms with Gasteiger partial charge in [-0.05, 0) is 69.9 Å². The summed E-state index contributed by atoms with van der Waals surface area (Å²) in [7, 11) is 0. The monoisotopic (exact) mass is 520 g/mol. The molecule has 0 saturated heterocycles. The van der Waals surface area contributed by atoms with Gasteiger partial charge >= 0.3 is 6.36 Å². The lowest BCUT2D eigenvalue weighted by Gasteiger charge is -2.18. The molecule has 0 spiro atoms. The Morgan fingerprint density at radius 1 is 0.879 bits per heavy atom. The van der Waals surface area contributed by atoms with E-state index in [1.165, 1.54) is 18.2 Å². The van der Waals surface area contributed by atoms with E-state index in [2.05, 4.69) is 31.3 Å². The molecule has 0 aliphatic heterocycles. The van der Waals surface area contributed by atoms with Gasteiger partial charge in [-0.1, -0.05) is 38.1 Å². The molecule has 9 heteroatoms. The largest absolute Gasteiger partial charge is 0.573 e. The molecule has 0 aromatic heterocycles. The molecule has 5 nitrogen and oxygen atoms in total. The second-order valence-electron chi connectivity index (χ2n) is 7.43. The number of amides is 2. The van der Waals surface area contributed by atoms with Crippen molar-refractivity contribution in [3.8, 4) is 5.75 Å². The fourth-order valence-corrected chi connectivity index (χ4v) is 3.54. The van der Waals surface area contributed by atoms with E-state index in [4.69, 9.17) is 0 Å². The Kier molecular flexibility index (Phi) is 7.43. The predicted molar refractivity (Wildman–Crippen MR) is 124 cm³/mol. The summed E-state index contributed by atoms with van der Waals surface area (Å²) in [4.78, 5) is 25.2. The number of hydrogen-bond acceptors (Lipinski definition) is 3. The van der Waals surface area contributed by atoms with E-state index < -0.39 is 18.0 Å². The lowest BCUT2D eigenvalue weighted by molar-refractivity contribution is -0.274. The maximum Gasteiger partial charge on any atom is 0.573 e. The van der Waals surface area contributed by atoms with Crippen LogP contribution in [0, 0.1) is 0 Å². The van der Waals surface area contributed by atoms with Gasteiger partial charge in [0, 0.05) is 21.3 Å². The summed E-state index contributed by atoms with van der Waals surface area (Å²) in [6.07, 6.45) is -4.93. The first-order valence-electron chi connectivity index (χ1n) is 9.90. The molecule has 3 aromatic rings. The molecule has 0 atom stereocenters. The molecule has 3 aromatic carbocycles. The van der Waals surface area contributed by atoms with Gasteiger partial charge in [0.15, 0.2) is 5.75 Å². The highest BCUT2D eigenvalue weighted by molar-refractivity contribution is 9.10. The number of hydrogen-bond donors (Lipinski definition) is 2. The molecule has 172 valence electrons. The number of halogens is 4. The maximum absolute atomic E-state index is 13.0. The van der Waals surface area contributed by atoms with Crippen LogP contribution >= 0.6 is 15.9 Å². The quantitative estimate of drug-likeness (QED) is 0.368. The summed E-state index contributed by atoms with van der Waals surface area (Å²) in [6, 6.07) is 17.5. The highest BCUT2D eigenvalue weighted by Crippen LogP contribution is 2.39. The Morgan fingerprint density at radius 3 is 2.15 bits per heavy atom. The van der Waals surface area contributed by atoms with Crippen LogP contribution in [-0.2, 0) is 0 Å². The molecule has 0 fully saturated rings. The van der Waals surface area contributed by atoms with E-state index in [-0.39, 0.29) is 27.5 Å². The highest BCUT2D eigenvalue weighted by atomic mass is 79.9. The van der Waals surface area contributed by atoms with Gasteiger partial charge in [-0.2, -0.15) is 0 Å². The minimum absolute atomic E-state index is 0.0634. The second-order valence-corrected chi connectivity index (χ2v) is 8.29. The standard InChI is InChI=1S/C24H20BrF3N2O3/c1-14(2)17-12-19(25)21(20(13-17)33-24(26,27)28)30-23(32)16-9-6-10-18(11-16)29-22(31)15-7-4-3-5-8-15/h3-14H,1-2H3,(H,29,31)(H,30,32). The third-order valence-electron chi connectivity index (χ3n) is 4.63. The first-order chi connectivity index (χ1) is 15.5. The Hall–Kier alpha value is -3.33. The molecule has 2 N–H and O–H groups in total. The van der Waals surface area contributed by atoms with Gasteiger partial charge < -0.3 is 15.4 Å². The zero-order valence-corrected chi connectivity index (χ0v) is 19.3. The number of anilines is 2. The van der Waals surface area contributed by atoms with Crippen molar-refractivity contribution < 1.29 is 27.5 Å². The van der Waals surface area contributed by atoms with Crippen LogP contribution in [0.4, 0.5) is 24.5 Å². The molecule has 2 amide bonds. The zero-order valence-electron chi connectivity index (χ0n) is 17.7. The van der Waals surface area contributed by atoms with Gasteiger partial charge in [0.2, 0.25) is 0 Å². The van der Waals surface area contributed by atoms with E-state index >= 15 is 0 Å². The SMILES string of the molecule is CC(C)c1cc(Br)c(NC(=O)c2cccc(NC(=O)c3ccccc3)c2)c(OC(F)(F)F)c1. The van der Waals surface area contributed by atoms with Crippen LogP contribution < -0.4 is 15.4 Å². The molecule has 33 heavy (non-hydrogen) atoms. The van der Waals surface area contributed by atoms with Crippen LogP contribution in [-0.4, -0.2) is 18.2 Å². The molecule has 0 aliphatic carbocycles. The van der Waals surface area contributed by atoms with Crippen LogP contribution in [0.3, 0.4) is 0 Å². The number of nitrogens with one attached hydrogen (secondary N) is 2. The number of ether oxygens (including phenoxy) is 1. The van der Waals surface area contributed by atoms with Crippen molar-refractivity contribution in [3.63, 3.8) is 0 Å². The van der Waals surface area contributed by atoms with Gasteiger partial charge in [-0.25, -0.2) is 0 Å². The second kappa shape index (κ2) is 10.1. The van der Waals surface area contributed by atoms with E-state index in [1.54, 1.807) is 48.5 Å². The summed E-state index contributed by atoms with van der Waals surface area (Å²) >= 11 is 3.23. The summed E-state index contributed by atoms with van der Waals surface area (Å²) < 4.78 is 43.3. The average Bonchev–Trinajstić information content (AvgIpc) is 2.75. The number of rotatable bonds is 6. The lowest BCUT2D eigenvalue weighted by Crippen LogP contribution is -2.20. The van der Waals surface area contributed by atoms with Crippen molar-refractivity contribution in [2.75, 3.05) is 10.6 Å². The number of carbonyl (C=O) groups excluding carboxylic acids is 2. The van der Waals surface area contributed by atoms with Gasteiger partial charge in [0.1, 0.15) is 0 Å². The van der Waals surface area contributed by atoms with Crippen molar-refractivity contribution in [1.29, 1.82) is 0 Å².